The third-order valence-corrected chi connectivity index (χ3v) is 3.69. The van der Waals surface area contributed by atoms with Crippen LogP contribution in [0.2, 0.25) is 0 Å². The Bertz CT molecular complexity index is 876. The van der Waals surface area contributed by atoms with Gasteiger partial charge in [-0.15, -0.1) is 0 Å². The Hall–Kier alpha value is -2.75. The van der Waals surface area contributed by atoms with Gasteiger partial charge in [0.1, 0.15) is 23.3 Å². The fraction of sp³-hybridized carbons (Fsp3) is 0.167. The van der Waals surface area contributed by atoms with Crippen LogP contribution >= 0.6 is 0 Å². The maximum absolute atomic E-state index is 12.7. The van der Waals surface area contributed by atoms with Gasteiger partial charge in [-0.1, -0.05) is 12.1 Å². The minimum Gasteiger partial charge on any atom is -0.497 e. The van der Waals surface area contributed by atoms with E-state index in [0.717, 1.165) is 16.9 Å². The molecule has 0 radical (unpaired) electrons. The molecule has 0 saturated carbocycles. The zero-order valence-corrected chi connectivity index (χ0v) is 12.7. The van der Waals surface area contributed by atoms with E-state index >= 15 is 0 Å². The number of methoxy groups -OCH3 is 2. The molecule has 0 atom stereocenters. The average molecular weight is 296 g/mol. The molecule has 0 fully saturated rings. The van der Waals surface area contributed by atoms with Gasteiger partial charge in [0.25, 0.3) is 0 Å². The molecule has 2 aromatic carbocycles. The zero-order chi connectivity index (χ0) is 15.7. The van der Waals surface area contributed by atoms with Crippen LogP contribution in [-0.4, -0.2) is 14.2 Å². The Kier molecular flexibility index (Phi) is 3.59. The number of hydrogen-bond donors (Lipinski definition) is 0. The molecule has 0 bridgehead atoms. The van der Waals surface area contributed by atoms with Gasteiger partial charge in [-0.2, -0.15) is 0 Å². The minimum absolute atomic E-state index is 0.0582. The summed E-state index contributed by atoms with van der Waals surface area (Å²) >= 11 is 0. The van der Waals surface area contributed by atoms with E-state index in [1.54, 1.807) is 26.4 Å². The molecule has 1 aromatic heterocycles. The summed E-state index contributed by atoms with van der Waals surface area (Å²) in [7, 11) is 3.20. The summed E-state index contributed by atoms with van der Waals surface area (Å²) in [5.41, 5.74) is 2.68. The van der Waals surface area contributed by atoms with Gasteiger partial charge >= 0.3 is 0 Å². The second-order valence-corrected chi connectivity index (χ2v) is 5.02. The molecule has 0 aliphatic rings. The van der Waals surface area contributed by atoms with Gasteiger partial charge in [0, 0.05) is 6.07 Å². The summed E-state index contributed by atoms with van der Waals surface area (Å²) in [6, 6.07) is 10.9. The molecule has 0 aliphatic carbocycles. The average Bonchev–Trinajstić information content (AvgIpc) is 2.55. The first kappa shape index (κ1) is 14.2. The van der Waals surface area contributed by atoms with E-state index < -0.39 is 0 Å². The molecule has 0 saturated heterocycles. The lowest BCUT2D eigenvalue weighted by Crippen LogP contribution is -2.05. The van der Waals surface area contributed by atoms with Crippen molar-refractivity contribution in [2.24, 2.45) is 0 Å². The van der Waals surface area contributed by atoms with Crippen LogP contribution in [0, 0.1) is 6.92 Å². The van der Waals surface area contributed by atoms with Gasteiger partial charge in [-0.25, -0.2) is 0 Å². The second kappa shape index (κ2) is 5.56. The van der Waals surface area contributed by atoms with Crippen molar-refractivity contribution in [2.75, 3.05) is 14.2 Å². The van der Waals surface area contributed by atoms with Gasteiger partial charge < -0.3 is 13.9 Å². The first-order chi connectivity index (χ1) is 10.6. The molecule has 0 unspecified atom stereocenters. The number of ether oxygens (including phenoxy) is 2. The summed E-state index contributed by atoms with van der Waals surface area (Å²) in [5, 5.41) is 0.548. The van der Waals surface area contributed by atoms with E-state index in [1.807, 2.05) is 31.2 Å². The lowest BCUT2D eigenvalue weighted by atomic mass is 10.0. The van der Waals surface area contributed by atoms with Crippen molar-refractivity contribution >= 4 is 11.0 Å². The molecule has 0 N–H and O–H groups in total. The van der Waals surface area contributed by atoms with Crippen molar-refractivity contribution in [2.45, 2.75) is 6.92 Å². The summed E-state index contributed by atoms with van der Waals surface area (Å²) < 4.78 is 16.0. The molecule has 4 nitrogen and oxygen atoms in total. The lowest BCUT2D eigenvalue weighted by Gasteiger charge is -2.07. The van der Waals surface area contributed by atoms with Crippen molar-refractivity contribution in [3.05, 3.63) is 58.4 Å². The van der Waals surface area contributed by atoms with Crippen LogP contribution in [0.3, 0.4) is 0 Å². The Morgan fingerprint density at radius 1 is 1.00 bits per heavy atom. The highest BCUT2D eigenvalue weighted by atomic mass is 16.5. The molecule has 4 heteroatoms. The number of rotatable bonds is 3. The van der Waals surface area contributed by atoms with E-state index in [-0.39, 0.29) is 5.43 Å². The molecule has 3 aromatic rings. The van der Waals surface area contributed by atoms with E-state index in [4.69, 9.17) is 13.9 Å². The number of benzene rings is 2. The van der Waals surface area contributed by atoms with Crippen molar-refractivity contribution in [3.8, 4) is 22.6 Å². The predicted molar refractivity (Wildman–Crippen MR) is 85.8 cm³/mol. The van der Waals surface area contributed by atoms with Gasteiger partial charge in [0.2, 0.25) is 5.43 Å². The van der Waals surface area contributed by atoms with Crippen molar-refractivity contribution < 1.29 is 13.9 Å². The van der Waals surface area contributed by atoms with Crippen LogP contribution in [0.15, 0.2) is 51.9 Å². The standard InChI is InChI=1S/C18H16O4/c1-11-8-14-17(9-16(11)21-3)22-10-15(18(14)19)12-4-6-13(20-2)7-5-12/h4-10H,1-3H3. The largest absolute Gasteiger partial charge is 0.497 e. The molecule has 0 aliphatic heterocycles. The van der Waals surface area contributed by atoms with E-state index in [1.165, 1.54) is 6.26 Å². The van der Waals surface area contributed by atoms with Crippen LogP contribution in [0.5, 0.6) is 11.5 Å². The second-order valence-electron chi connectivity index (χ2n) is 5.02. The Labute approximate surface area is 127 Å². The molecular weight excluding hydrogens is 280 g/mol. The molecule has 0 amide bonds. The zero-order valence-electron chi connectivity index (χ0n) is 12.7. The van der Waals surface area contributed by atoms with E-state index in [9.17, 15) is 4.79 Å². The Morgan fingerprint density at radius 2 is 1.73 bits per heavy atom. The minimum atomic E-state index is -0.0582. The van der Waals surface area contributed by atoms with Crippen LogP contribution < -0.4 is 14.9 Å². The van der Waals surface area contributed by atoms with Crippen molar-refractivity contribution in [1.82, 2.24) is 0 Å². The summed E-state index contributed by atoms with van der Waals surface area (Å²) in [6.07, 6.45) is 1.49. The smallest absolute Gasteiger partial charge is 0.200 e. The quantitative estimate of drug-likeness (QED) is 0.738. The summed E-state index contributed by atoms with van der Waals surface area (Å²) in [6.45, 7) is 1.90. The fourth-order valence-electron chi connectivity index (χ4n) is 2.46. The maximum atomic E-state index is 12.7. The highest BCUT2D eigenvalue weighted by molar-refractivity contribution is 5.83. The molecule has 22 heavy (non-hydrogen) atoms. The fourth-order valence-corrected chi connectivity index (χ4v) is 2.46. The summed E-state index contributed by atoms with van der Waals surface area (Å²) in [5.74, 6) is 1.45. The molecule has 3 rings (SSSR count). The number of aryl methyl sites for hydroxylation is 1. The molecule has 1 heterocycles. The topological polar surface area (TPSA) is 48.7 Å². The highest BCUT2D eigenvalue weighted by Crippen LogP contribution is 2.26. The number of hydrogen-bond acceptors (Lipinski definition) is 4. The van der Waals surface area contributed by atoms with Gasteiger partial charge in [0.05, 0.1) is 25.2 Å². The van der Waals surface area contributed by atoms with Crippen molar-refractivity contribution in [3.63, 3.8) is 0 Å². The van der Waals surface area contributed by atoms with E-state index in [2.05, 4.69) is 0 Å². The normalized spacial score (nSPS) is 10.7. The molecular formula is C18H16O4. The number of fused-ring (bicyclic) bond motifs is 1. The van der Waals surface area contributed by atoms with Crippen LogP contribution in [0.4, 0.5) is 0 Å². The first-order valence-corrected chi connectivity index (χ1v) is 6.88. The third kappa shape index (κ3) is 2.33. The Balaban J connectivity index is 2.19. The van der Waals surface area contributed by atoms with Gasteiger partial charge in [-0.3, -0.25) is 4.79 Å². The Morgan fingerprint density at radius 3 is 2.36 bits per heavy atom. The van der Waals surface area contributed by atoms with Gasteiger partial charge in [0.15, 0.2) is 0 Å². The summed E-state index contributed by atoms with van der Waals surface area (Å²) in [4.78, 5) is 12.7. The van der Waals surface area contributed by atoms with Crippen molar-refractivity contribution in [1.29, 1.82) is 0 Å². The first-order valence-electron chi connectivity index (χ1n) is 6.88. The van der Waals surface area contributed by atoms with Gasteiger partial charge in [-0.05, 0) is 36.2 Å². The maximum Gasteiger partial charge on any atom is 0.200 e. The SMILES string of the molecule is COc1ccc(-c2coc3cc(OC)c(C)cc3c2=O)cc1. The van der Waals surface area contributed by atoms with Crippen LogP contribution in [0.1, 0.15) is 5.56 Å². The molecule has 0 spiro atoms. The molecule has 112 valence electrons. The third-order valence-electron chi connectivity index (χ3n) is 3.69. The highest BCUT2D eigenvalue weighted by Gasteiger charge is 2.11. The lowest BCUT2D eigenvalue weighted by molar-refractivity contribution is 0.411. The predicted octanol–water partition coefficient (Wildman–Crippen LogP) is 3.79. The van der Waals surface area contributed by atoms with E-state index in [0.29, 0.717) is 22.3 Å². The van der Waals surface area contributed by atoms with Crippen LogP contribution in [0.25, 0.3) is 22.1 Å². The van der Waals surface area contributed by atoms with Crippen LogP contribution in [-0.2, 0) is 0 Å². The monoisotopic (exact) mass is 296 g/mol.